The minimum absolute atomic E-state index is 0.115. The lowest BCUT2D eigenvalue weighted by Gasteiger charge is -2.13. The second-order valence-corrected chi connectivity index (χ2v) is 7.03. The molecule has 0 aromatic heterocycles. The molecule has 19 heavy (non-hydrogen) atoms. The Hall–Kier alpha value is -0.690. The Morgan fingerprint density at radius 3 is 2.74 bits per heavy atom. The zero-order chi connectivity index (χ0) is 14.2. The van der Waals surface area contributed by atoms with Crippen molar-refractivity contribution < 1.29 is 12.8 Å². The largest absolute Gasteiger partial charge is 0.326 e. The first-order chi connectivity index (χ1) is 8.81. The monoisotopic (exact) mass is 306 g/mol. The van der Waals surface area contributed by atoms with E-state index in [9.17, 15) is 12.8 Å². The molecule has 7 heteroatoms. The molecule has 0 heterocycles. The third-order valence-electron chi connectivity index (χ3n) is 3.24. The Kier molecular flexibility index (Phi) is 4.15. The van der Waals surface area contributed by atoms with Crippen molar-refractivity contribution >= 4 is 21.6 Å². The molecule has 0 radical (unpaired) electrons. The normalized spacial score (nSPS) is 17.5. The van der Waals surface area contributed by atoms with Crippen LogP contribution >= 0.6 is 11.6 Å². The highest BCUT2D eigenvalue weighted by atomic mass is 35.5. The summed E-state index contributed by atoms with van der Waals surface area (Å²) in [5.41, 5.74) is 6.07. The highest BCUT2D eigenvalue weighted by molar-refractivity contribution is 7.89. The Labute approximate surface area is 117 Å². The van der Waals surface area contributed by atoms with E-state index in [1.165, 1.54) is 13.0 Å². The second kappa shape index (κ2) is 5.36. The van der Waals surface area contributed by atoms with Crippen LogP contribution in [0.1, 0.15) is 18.4 Å². The average molecular weight is 307 g/mol. The number of sulfonamides is 1. The first-order valence-corrected chi connectivity index (χ1v) is 7.88. The first-order valence-electron chi connectivity index (χ1n) is 6.02. The van der Waals surface area contributed by atoms with Gasteiger partial charge in [0.1, 0.15) is 10.7 Å². The summed E-state index contributed by atoms with van der Waals surface area (Å²) in [6, 6.07) is 2.05. The molecule has 0 saturated heterocycles. The van der Waals surface area contributed by atoms with Crippen molar-refractivity contribution in [2.75, 3.05) is 6.54 Å². The van der Waals surface area contributed by atoms with Crippen molar-refractivity contribution in [3.8, 4) is 0 Å². The molecule has 1 atom stereocenters. The van der Waals surface area contributed by atoms with Gasteiger partial charge in [0.05, 0.1) is 5.02 Å². The van der Waals surface area contributed by atoms with Gasteiger partial charge in [0.25, 0.3) is 0 Å². The summed E-state index contributed by atoms with van der Waals surface area (Å²) >= 11 is 5.79. The Bertz CT molecular complexity index is 588. The maximum Gasteiger partial charge on any atom is 0.242 e. The van der Waals surface area contributed by atoms with E-state index in [1.54, 1.807) is 0 Å². The summed E-state index contributed by atoms with van der Waals surface area (Å²) in [5, 5.41) is -0.129. The van der Waals surface area contributed by atoms with E-state index in [4.69, 9.17) is 17.3 Å². The quantitative estimate of drug-likeness (QED) is 0.871. The number of nitrogens with two attached hydrogens (primary N) is 1. The summed E-state index contributed by atoms with van der Waals surface area (Å²) in [5.74, 6) is -0.133. The molecule has 1 saturated carbocycles. The van der Waals surface area contributed by atoms with Gasteiger partial charge >= 0.3 is 0 Å². The molecule has 0 aliphatic heterocycles. The number of hydrogen-bond acceptors (Lipinski definition) is 3. The zero-order valence-electron chi connectivity index (χ0n) is 10.5. The van der Waals surface area contributed by atoms with Crippen molar-refractivity contribution in [2.45, 2.75) is 30.7 Å². The fourth-order valence-electron chi connectivity index (χ4n) is 1.81. The number of nitrogens with one attached hydrogen (secondary N) is 1. The molecule has 1 aliphatic rings. The summed E-state index contributed by atoms with van der Waals surface area (Å²) < 4.78 is 39.9. The number of halogens is 2. The van der Waals surface area contributed by atoms with Gasteiger partial charge in [-0.05, 0) is 43.4 Å². The van der Waals surface area contributed by atoms with Gasteiger partial charge in [-0.1, -0.05) is 11.6 Å². The van der Waals surface area contributed by atoms with Crippen LogP contribution in [0.4, 0.5) is 4.39 Å². The van der Waals surface area contributed by atoms with Crippen LogP contribution in [0.15, 0.2) is 17.0 Å². The van der Waals surface area contributed by atoms with E-state index in [1.807, 2.05) is 0 Å². The fourth-order valence-corrected chi connectivity index (χ4v) is 3.48. The van der Waals surface area contributed by atoms with Crippen LogP contribution in [0.2, 0.25) is 5.02 Å². The molecule has 0 bridgehead atoms. The van der Waals surface area contributed by atoms with Crippen LogP contribution in [0.5, 0.6) is 0 Å². The molecular weight excluding hydrogens is 291 g/mol. The molecule has 106 valence electrons. The van der Waals surface area contributed by atoms with Crippen LogP contribution in [-0.4, -0.2) is 21.0 Å². The molecule has 1 fully saturated rings. The summed E-state index contributed by atoms with van der Waals surface area (Å²) in [4.78, 5) is -0.115. The highest BCUT2D eigenvalue weighted by Gasteiger charge is 2.29. The Morgan fingerprint density at radius 2 is 2.16 bits per heavy atom. The van der Waals surface area contributed by atoms with Gasteiger partial charge < -0.3 is 5.73 Å². The summed E-state index contributed by atoms with van der Waals surface area (Å²) in [6.45, 7) is 1.65. The predicted molar refractivity (Wildman–Crippen MR) is 72.0 cm³/mol. The molecule has 0 amide bonds. The van der Waals surface area contributed by atoms with E-state index in [2.05, 4.69) is 4.72 Å². The highest BCUT2D eigenvalue weighted by Crippen LogP contribution is 2.31. The zero-order valence-corrected chi connectivity index (χ0v) is 12.1. The predicted octanol–water partition coefficient (Wildman–Crippen LogP) is 1.80. The van der Waals surface area contributed by atoms with E-state index in [0.717, 1.165) is 18.9 Å². The molecule has 1 aliphatic carbocycles. The molecule has 0 spiro atoms. The minimum Gasteiger partial charge on any atom is -0.326 e. The van der Waals surface area contributed by atoms with Crippen LogP contribution in [0.25, 0.3) is 0 Å². The first kappa shape index (κ1) is 14.7. The lowest BCUT2D eigenvalue weighted by atomic mass is 10.2. The van der Waals surface area contributed by atoms with Crippen molar-refractivity contribution in [1.29, 1.82) is 0 Å². The smallest absolute Gasteiger partial charge is 0.242 e. The second-order valence-electron chi connectivity index (χ2n) is 4.88. The molecule has 3 N–H and O–H groups in total. The molecule has 1 aromatic carbocycles. The van der Waals surface area contributed by atoms with Crippen LogP contribution in [0, 0.1) is 18.7 Å². The van der Waals surface area contributed by atoms with Gasteiger partial charge in [-0.25, -0.2) is 17.5 Å². The maximum absolute atomic E-state index is 13.3. The van der Waals surface area contributed by atoms with Crippen molar-refractivity contribution in [1.82, 2.24) is 4.72 Å². The van der Waals surface area contributed by atoms with Gasteiger partial charge in [-0.2, -0.15) is 0 Å². The van der Waals surface area contributed by atoms with Gasteiger partial charge in [-0.3, -0.25) is 0 Å². The third kappa shape index (κ3) is 3.45. The molecule has 1 aromatic rings. The minimum atomic E-state index is -3.76. The van der Waals surface area contributed by atoms with Crippen LogP contribution < -0.4 is 10.5 Å². The van der Waals surface area contributed by atoms with Gasteiger partial charge in [0, 0.05) is 12.6 Å². The van der Waals surface area contributed by atoms with E-state index in [-0.39, 0.29) is 28.1 Å². The number of hydrogen-bond donors (Lipinski definition) is 2. The fraction of sp³-hybridized carbons (Fsp3) is 0.500. The number of rotatable bonds is 5. The van der Waals surface area contributed by atoms with Gasteiger partial charge in [-0.15, -0.1) is 0 Å². The van der Waals surface area contributed by atoms with Gasteiger partial charge in [0.15, 0.2) is 0 Å². The number of benzene rings is 1. The molecular formula is C12H16ClFN2O2S. The third-order valence-corrected chi connectivity index (χ3v) is 5.13. The summed E-state index contributed by atoms with van der Waals surface area (Å²) in [6.07, 6.45) is 2.08. The van der Waals surface area contributed by atoms with Crippen LogP contribution in [-0.2, 0) is 10.0 Å². The topological polar surface area (TPSA) is 72.2 Å². The Morgan fingerprint density at radius 1 is 1.53 bits per heavy atom. The van der Waals surface area contributed by atoms with E-state index < -0.39 is 15.8 Å². The molecule has 2 rings (SSSR count). The van der Waals surface area contributed by atoms with E-state index >= 15 is 0 Å². The maximum atomic E-state index is 13.3. The van der Waals surface area contributed by atoms with Crippen molar-refractivity contribution in [2.24, 2.45) is 11.7 Å². The molecule has 1 unspecified atom stereocenters. The van der Waals surface area contributed by atoms with Crippen molar-refractivity contribution in [3.63, 3.8) is 0 Å². The average Bonchev–Trinajstić information content (AvgIpc) is 3.14. The van der Waals surface area contributed by atoms with Gasteiger partial charge in [0.2, 0.25) is 10.0 Å². The standard InChI is InChI=1S/C12H16ClFN2O2S/c1-7-4-12(9(13)5-10(7)14)19(17,18)16-6-11(15)8-2-3-8/h4-5,8,11,16H,2-3,6,15H2,1H3. The lowest BCUT2D eigenvalue weighted by molar-refractivity contribution is 0.547. The summed E-state index contributed by atoms with van der Waals surface area (Å²) in [7, 11) is -3.76. The molecule has 4 nitrogen and oxygen atoms in total. The number of aryl methyl sites for hydroxylation is 1. The Balaban J connectivity index is 2.16. The lowest BCUT2D eigenvalue weighted by Crippen LogP contribution is -2.38. The SMILES string of the molecule is Cc1cc(S(=O)(=O)NCC(N)C2CC2)c(Cl)cc1F. The van der Waals surface area contributed by atoms with Crippen LogP contribution in [0.3, 0.4) is 0 Å². The van der Waals surface area contributed by atoms with Crippen molar-refractivity contribution in [3.05, 3.63) is 28.5 Å². The van der Waals surface area contributed by atoms with E-state index in [0.29, 0.717) is 5.92 Å².